The van der Waals surface area contributed by atoms with Gasteiger partial charge in [0.2, 0.25) is 5.91 Å². The number of rotatable bonds is 4. The second kappa shape index (κ2) is 8.81. The summed E-state index contributed by atoms with van der Waals surface area (Å²) in [4.78, 5) is 28.2. The Bertz CT molecular complexity index is 883. The summed E-state index contributed by atoms with van der Waals surface area (Å²) in [5.41, 5.74) is 4.77. The molecule has 4 heteroatoms. The van der Waals surface area contributed by atoms with Crippen molar-refractivity contribution in [1.29, 1.82) is 0 Å². The van der Waals surface area contributed by atoms with Gasteiger partial charge in [-0.05, 0) is 68.4 Å². The third-order valence-electron chi connectivity index (χ3n) is 6.10. The summed E-state index contributed by atoms with van der Waals surface area (Å²) in [6, 6.07) is 13.8. The molecule has 1 saturated heterocycles. The summed E-state index contributed by atoms with van der Waals surface area (Å²) in [5, 5.41) is 3.08. The average molecular weight is 393 g/mol. The molecule has 29 heavy (non-hydrogen) atoms. The first-order valence-corrected chi connectivity index (χ1v) is 10.6. The Morgan fingerprint density at radius 1 is 1.07 bits per heavy atom. The average Bonchev–Trinajstić information content (AvgIpc) is 2.68. The highest BCUT2D eigenvalue weighted by Crippen LogP contribution is 2.28. The van der Waals surface area contributed by atoms with Crippen molar-refractivity contribution in [3.8, 4) is 0 Å². The SMILES string of the molecule is Cc1cccc(C)c1C(=O)N1CCC[C@H](C(=O)Nc2cccc(C(C)C)c2)[C@@H]1C. The van der Waals surface area contributed by atoms with Gasteiger partial charge in [-0.25, -0.2) is 0 Å². The summed E-state index contributed by atoms with van der Waals surface area (Å²) in [5.74, 6) is 0.232. The molecule has 1 heterocycles. The predicted molar refractivity (Wildman–Crippen MR) is 118 cm³/mol. The lowest BCUT2D eigenvalue weighted by Gasteiger charge is -2.39. The lowest BCUT2D eigenvalue weighted by Crippen LogP contribution is -2.50. The van der Waals surface area contributed by atoms with Crippen molar-refractivity contribution in [1.82, 2.24) is 4.90 Å². The van der Waals surface area contributed by atoms with Crippen LogP contribution in [0.1, 0.15) is 66.6 Å². The highest BCUT2D eigenvalue weighted by Gasteiger charge is 2.36. The summed E-state index contributed by atoms with van der Waals surface area (Å²) >= 11 is 0. The first kappa shape index (κ1) is 21.1. The van der Waals surface area contributed by atoms with E-state index in [1.54, 1.807) is 0 Å². The highest BCUT2D eigenvalue weighted by molar-refractivity contribution is 5.98. The zero-order chi connectivity index (χ0) is 21.1. The number of likely N-dealkylation sites (tertiary alicyclic amines) is 1. The van der Waals surface area contributed by atoms with E-state index in [4.69, 9.17) is 0 Å². The molecule has 1 aliphatic heterocycles. The molecule has 0 saturated carbocycles. The third-order valence-corrected chi connectivity index (χ3v) is 6.10. The second-order valence-electron chi connectivity index (χ2n) is 8.52. The van der Waals surface area contributed by atoms with Crippen LogP contribution >= 0.6 is 0 Å². The number of piperidine rings is 1. The van der Waals surface area contributed by atoms with Gasteiger partial charge in [0.25, 0.3) is 5.91 Å². The monoisotopic (exact) mass is 392 g/mol. The number of benzene rings is 2. The molecule has 3 rings (SSSR count). The number of carbonyl (C=O) groups is 2. The van der Waals surface area contributed by atoms with E-state index in [1.807, 2.05) is 62.1 Å². The van der Waals surface area contributed by atoms with Crippen LogP contribution in [0.5, 0.6) is 0 Å². The van der Waals surface area contributed by atoms with E-state index in [0.717, 1.165) is 35.2 Å². The topological polar surface area (TPSA) is 49.4 Å². The molecular weight excluding hydrogens is 360 g/mol. The molecule has 1 aliphatic rings. The molecule has 2 aromatic carbocycles. The highest BCUT2D eigenvalue weighted by atomic mass is 16.2. The zero-order valence-corrected chi connectivity index (χ0v) is 18.2. The normalized spacial score (nSPS) is 19.3. The third kappa shape index (κ3) is 4.52. The van der Waals surface area contributed by atoms with Gasteiger partial charge >= 0.3 is 0 Å². The number of hydrogen-bond donors (Lipinski definition) is 1. The molecule has 2 atom stereocenters. The van der Waals surface area contributed by atoms with Gasteiger partial charge in [-0.15, -0.1) is 0 Å². The van der Waals surface area contributed by atoms with Crippen molar-refractivity contribution < 1.29 is 9.59 Å². The van der Waals surface area contributed by atoms with Crippen LogP contribution in [-0.4, -0.2) is 29.3 Å². The van der Waals surface area contributed by atoms with E-state index in [9.17, 15) is 9.59 Å². The molecule has 4 nitrogen and oxygen atoms in total. The van der Waals surface area contributed by atoms with Crippen molar-refractivity contribution in [2.24, 2.45) is 5.92 Å². The zero-order valence-electron chi connectivity index (χ0n) is 18.2. The van der Waals surface area contributed by atoms with Gasteiger partial charge in [0, 0.05) is 23.8 Å². The molecule has 0 radical (unpaired) electrons. The maximum absolute atomic E-state index is 13.3. The maximum atomic E-state index is 13.3. The van der Waals surface area contributed by atoms with E-state index >= 15 is 0 Å². The fourth-order valence-corrected chi connectivity index (χ4v) is 4.29. The van der Waals surface area contributed by atoms with Gasteiger partial charge in [-0.2, -0.15) is 0 Å². The minimum atomic E-state index is -0.209. The standard InChI is InChI=1S/C25H32N2O2/c1-16(2)20-11-7-12-21(15-20)26-24(28)22-13-8-14-27(19(22)5)25(29)23-17(3)9-6-10-18(23)4/h6-7,9-12,15-16,19,22H,8,13-14H2,1-5H3,(H,26,28)/t19-,22-/m0/s1. The Morgan fingerprint density at radius 3 is 2.38 bits per heavy atom. The molecule has 0 spiro atoms. The molecule has 0 unspecified atom stereocenters. The first-order valence-electron chi connectivity index (χ1n) is 10.6. The quantitative estimate of drug-likeness (QED) is 0.767. The van der Waals surface area contributed by atoms with Crippen LogP contribution in [0.4, 0.5) is 5.69 Å². The van der Waals surface area contributed by atoms with Gasteiger partial charge in [0.15, 0.2) is 0 Å². The van der Waals surface area contributed by atoms with E-state index in [-0.39, 0.29) is 23.8 Å². The van der Waals surface area contributed by atoms with Gasteiger partial charge in [0.05, 0.1) is 5.92 Å². The molecule has 1 N–H and O–H groups in total. The van der Waals surface area contributed by atoms with E-state index in [1.165, 1.54) is 5.56 Å². The number of hydrogen-bond acceptors (Lipinski definition) is 2. The Labute approximate surface area is 174 Å². The molecule has 154 valence electrons. The molecule has 0 aliphatic carbocycles. The Balaban J connectivity index is 1.77. The summed E-state index contributed by atoms with van der Waals surface area (Å²) in [7, 11) is 0. The first-order chi connectivity index (χ1) is 13.8. The number of carbonyl (C=O) groups excluding carboxylic acids is 2. The summed E-state index contributed by atoms with van der Waals surface area (Å²) < 4.78 is 0. The fraction of sp³-hybridized carbons (Fsp3) is 0.440. The van der Waals surface area contributed by atoms with Gasteiger partial charge in [-0.3, -0.25) is 9.59 Å². The van der Waals surface area contributed by atoms with E-state index in [2.05, 4.69) is 25.2 Å². The summed E-state index contributed by atoms with van der Waals surface area (Å²) in [6.45, 7) is 10.9. The van der Waals surface area contributed by atoms with E-state index in [0.29, 0.717) is 12.5 Å². The number of anilines is 1. The minimum absolute atomic E-state index is 0.00240. The lowest BCUT2D eigenvalue weighted by molar-refractivity contribution is -0.122. The van der Waals surface area contributed by atoms with Crippen molar-refractivity contribution in [2.75, 3.05) is 11.9 Å². The summed E-state index contributed by atoms with van der Waals surface area (Å²) in [6.07, 6.45) is 1.64. The Hall–Kier alpha value is -2.62. The Kier molecular flexibility index (Phi) is 6.41. The molecule has 0 aromatic heterocycles. The lowest BCUT2D eigenvalue weighted by atomic mass is 9.88. The van der Waals surface area contributed by atoms with E-state index < -0.39 is 0 Å². The van der Waals surface area contributed by atoms with Gasteiger partial charge in [0.1, 0.15) is 0 Å². The fourth-order valence-electron chi connectivity index (χ4n) is 4.29. The van der Waals surface area contributed by atoms with Gasteiger partial charge in [-0.1, -0.05) is 44.2 Å². The van der Waals surface area contributed by atoms with Gasteiger partial charge < -0.3 is 10.2 Å². The number of nitrogens with one attached hydrogen (secondary N) is 1. The Morgan fingerprint density at radius 2 is 1.72 bits per heavy atom. The van der Waals surface area contributed by atoms with Crippen LogP contribution in [0, 0.1) is 19.8 Å². The van der Waals surface area contributed by atoms with Crippen LogP contribution in [0.3, 0.4) is 0 Å². The number of aryl methyl sites for hydroxylation is 2. The van der Waals surface area contributed by atoms with Crippen LogP contribution in [0.25, 0.3) is 0 Å². The minimum Gasteiger partial charge on any atom is -0.335 e. The van der Waals surface area contributed by atoms with Crippen molar-refractivity contribution in [2.45, 2.75) is 59.4 Å². The maximum Gasteiger partial charge on any atom is 0.254 e. The molecule has 1 fully saturated rings. The van der Waals surface area contributed by atoms with Crippen molar-refractivity contribution in [3.63, 3.8) is 0 Å². The van der Waals surface area contributed by atoms with Crippen LogP contribution in [-0.2, 0) is 4.79 Å². The molecule has 2 amide bonds. The van der Waals surface area contributed by atoms with Crippen molar-refractivity contribution in [3.05, 3.63) is 64.7 Å². The van der Waals surface area contributed by atoms with Crippen LogP contribution < -0.4 is 5.32 Å². The number of amides is 2. The second-order valence-corrected chi connectivity index (χ2v) is 8.52. The molecule has 0 bridgehead atoms. The molecular formula is C25H32N2O2. The van der Waals surface area contributed by atoms with Crippen molar-refractivity contribution >= 4 is 17.5 Å². The largest absolute Gasteiger partial charge is 0.335 e. The molecule has 2 aromatic rings. The smallest absolute Gasteiger partial charge is 0.254 e. The van der Waals surface area contributed by atoms with Crippen LogP contribution in [0.2, 0.25) is 0 Å². The number of nitrogens with zero attached hydrogens (tertiary/aromatic N) is 1. The van der Waals surface area contributed by atoms with Crippen LogP contribution in [0.15, 0.2) is 42.5 Å². The predicted octanol–water partition coefficient (Wildman–Crippen LogP) is 5.31.